The fraction of sp³-hybridized carbons (Fsp3) is 0.0500. The van der Waals surface area contributed by atoms with Crippen molar-refractivity contribution < 1.29 is 4.74 Å². The fourth-order valence-electron chi connectivity index (χ4n) is 2.80. The molecule has 2 aromatic carbocycles. The third-order valence-electron chi connectivity index (χ3n) is 4.12. The highest BCUT2D eigenvalue weighted by atomic mass is 79.9. The molecule has 0 atom stereocenters. The second-order valence-electron chi connectivity index (χ2n) is 5.83. The standard InChI is InChI=1S/C20H15BrN4O2/c1-27-15-8-6-14(7-9-15)23-20-24-18-17(19(26)25-20)16(10-11-22-18)12-2-4-13(21)5-3-12/h2-11H,1H3,(H2,22,23,24,25,26). The minimum Gasteiger partial charge on any atom is -0.497 e. The molecule has 2 aromatic heterocycles. The average molecular weight is 423 g/mol. The number of hydrogen-bond acceptors (Lipinski definition) is 5. The first-order chi connectivity index (χ1) is 13.1. The van der Waals surface area contributed by atoms with Gasteiger partial charge in [-0.05, 0) is 53.6 Å². The van der Waals surface area contributed by atoms with E-state index in [2.05, 4.69) is 36.2 Å². The summed E-state index contributed by atoms with van der Waals surface area (Å²) in [6, 6.07) is 16.9. The van der Waals surface area contributed by atoms with Gasteiger partial charge < -0.3 is 10.1 Å². The number of H-pyrrole nitrogens is 1. The molecule has 0 spiro atoms. The zero-order valence-corrected chi connectivity index (χ0v) is 15.9. The minimum atomic E-state index is -0.248. The van der Waals surface area contributed by atoms with Crippen LogP contribution in [0, 0.1) is 0 Å². The Morgan fingerprint density at radius 3 is 2.48 bits per heavy atom. The van der Waals surface area contributed by atoms with E-state index in [9.17, 15) is 4.79 Å². The van der Waals surface area contributed by atoms with E-state index in [1.807, 2.05) is 54.6 Å². The number of nitrogens with one attached hydrogen (secondary N) is 2. The van der Waals surface area contributed by atoms with Crippen LogP contribution in [0.1, 0.15) is 0 Å². The summed E-state index contributed by atoms with van der Waals surface area (Å²) in [4.78, 5) is 24.3. The van der Waals surface area contributed by atoms with Gasteiger partial charge in [0.1, 0.15) is 5.75 Å². The van der Waals surface area contributed by atoms with Crippen molar-refractivity contribution in [3.8, 4) is 16.9 Å². The molecular formula is C20H15BrN4O2. The number of aromatic nitrogens is 3. The van der Waals surface area contributed by atoms with Gasteiger partial charge in [0.05, 0.1) is 12.5 Å². The van der Waals surface area contributed by atoms with Gasteiger partial charge in [0.2, 0.25) is 5.95 Å². The predicted molar refractivity (Wildman–Crippen MR) is 110 cm³/mol. The third kappa shape index (κ3) is 3.54. The van der Waals surface area contributed by atoms with Gasteiger partial charge >= 0.3 is 0 Å². The lowest BCUT2D eigenvalue weighted by Crippen LogP contribution is -2.13. The van der Waals surface area contributed by atoms with Gasteiger partial charge in [0.15, 0.2) is 5.65 Å². The number of methoxy groups -OCH3 is 1. The zero-order valence-electron chi connectivity index (χ0n) is 14.4. The molecule has 4 aromatic rings. The number of aromatic amines is 1. The van der Waals surface area contributed by atoms with Crippen LogP contribution in [0.5, 0.6) is 5.75 Å². The molecule has 4 rings (SSSR count). The molecule has 0 unspecified atom stereocenters. The van der Waals surface area contributed by atoms with Crippen molar-refractivity contribution in [2.45, 2.75) is 0 Å². The molecule has 2 N–H and O–H groups in total. The maximum absolute atomic E-state index is 12.7. The molecule has 0 aliphatic carbocycles. The summed E-state index contributed by atoms with van der Waals surface area (Å²) in [5.41, 5.74) is 2.63. The molecule has 0 bridgehead atoms. The number of rotatable bonds is 4. The summed E-state index contributed by atoms with van der Waals surface area (Å²) >= 11 is 3.42. The second kappa shape index (κ2) is 7.20. The summed E-state index contributed by atoms with van der Waals surface area (Å²) in [6.07, 6.45) is 1.66. The van der Waals surface area contributed by atoms with Crippen molar-refractivity contribution in [1.82, 2.24) is 15.0 Å². The van der Waals surface area contributed by atoms with Crippen LogP contribution >= 0.6 is 15.9 Å². The van der Waals surface area contributed by atoms with Crippen molar-refractivity contribution in [3.05, 3.63) is 75.6 Å². The Balaban J connectivity index is 1.76. The van der Waals surface area contributed by atoms with E-state index in [4.69, 9.17) is 4.74 Å². The highest BCUT2D eigenvalue weighted by Gasteiger charge is 2.11. The number of pyridine rings is 1. The van der Waals surface area contributed by atoms with Crippen molar-refractivity contribution in [3.63, 3.8) is 0 Å². The summed E-state index contributed by atoms with van der Waals surface area (Å²) in [7, 11) is 1.61. The normalized spacial score (nSPS) is 10.7. The molecule has 2 heterocycles. The Morgan fingerprint density at radius 2 is 1.78 bits per heavy atom. The van der Waals surface area contributed by atoms with Crippen LogP contribution in [0.2, 0.25) is 0 Å². The molecule has 134 valence electrons. The summed E-state index contributed by atoms with van der Waals surface area (Å²) in [6.45, 7) is 0. The van der Waals surface area contributed by atoms with Gasteiger partial charge in [-0.15, -0.1) is 0 Å². The highest BCUT2D eigenvalue weighted by molar-refractivity contribution is 9.10. The zero-order chi connectivity index (χ0) is 18.8. The predicted octanol–water partition coefficient (Wildman–Crippen LogP) is 4.50. The van der Waals surface area contributed by atoms with E-state index >= 15 is 0 Å². The van der Waals surface area contributed by atoms with E-state index in [0.717, 1.165) is 27.0 Å². The Labute approximate surface area is 163 Å². The fourth-order valence-corrected chi connectivity index (χ4v) is 3.07. The molecule has 0 saturated heterocycles. The monoisotopic (exact) mass is 422 g/mol. The maximum atomic E-state index is 12.7. The first-order valence-electron chi connectivity index (χ1n) is 8.20. The van der Waals surface area contributed by atoms with Gasteiger partial charge in [-0.1, -0.05) is 28.1 Å². The Morgan fingerprint density at radius 1 is 1.04 bits per heavy atom. The Bertz CT molecular complexity index is 1160. The molecule has 0 amide bonds. The molecule has 7 heteroatoms. The van der Waals surface area contributed by atoms with E-state index in [1.165, 1.54) is 0 Å². The van der Waals surface area contributed by atoms with Crippen LogP contribution < -0.4 is 15.6 Å². The molecule has 0 fully saturated rings. The van der Waals surface area contributed by atoms with E-state index < -0.39 is 0 Å². The van der Waals surface area contributed by atoms with Gasteiger partial charge in [-0.2, -0.15) is 4.98 Å². The minimum absolute atomic E-state index is 0.248. The number of fused-ring (bicyclic) bond motifs is 1. The molecule has 27 heavy (non-hydrogen) atoms. The number of nitrogens with zero attached hydrogens (tertiary/aromatic N) is 2. The van der Waals surface area contributed by atoms with Crippen LogP contribution in [0.25, 0.3) is 22.2 Å². The average Bonchev–Trinajstić information content (AvgIpc) is 2.69. The Kier molecular flexibility index (Phi) is 4.60. The molecule has 6 nitrogen and oxygen atoms in total. The summed E-state index contributed by atoms with van der Waals surface area (Å²) < 4.78 is 6.12. The number of ether oxygens (including phenoxy) is 1. The van der Waals surface area contributed by atoms with Crippen molar-refractivity contribution in [1.29, 1.82) is 0 Å². The molecule has 0 saturated carbocycles. The van der Waals surface area contributed by atoms with Crippen LogP contribution in [-0.4, -0.2) is 22.1 Å². The van der Waals surface area contributed by atoms with Crippen LogP contribution in [0.3, 0.4) is 0 Å². The summed E-state index contributed by atoms with van der Waals surface area (Å²) in [5, 5.41) is 3.54. The number of hydrogen-bond donors (Lipinski definition) is 2. The largest absolute Gasteiger partial charge is 0.497 e. The van der Waals surface area contributed by atoms with E-state index in [-0.39, 0.29) is 5.56 Å². The smallest absolute Gasteiger partial charge is 0.262 e. The van der Waals surface area contributed by atoms with Gasteiger partial charge in [-0.25, -0.2) is 4.98 Å². The van der Waals surface area contributed by atoms with Gasteiger partial charge in [-0.3, -0.25) is 9.78 Å². The molecular weight excluding hydrogens is 408 g/mol. The highest BCUT2D eigenvalue weighted by Crippen LogP contribution is 2.26. The number of halogens is 1. The Hall–Kier alpha value is -3.19. The first kappa shape index (κ1) is 17.2. The molecule has 0 radical (unpaired) electrons. The SMILES string of the molecule is COc1ccc(Nc2nc3nccc(-c4ccc(Br)cc4)c3c(=O)[nH]2)cc1. The summed E-state index contributed by atoms with van der Waals surface area (Å²) in [5.74, 6) is 1.08. The van der Waals surface area contributed by atoms with E-state index in [1.54, 1.807) is 13.3 Å². The van der Waals surface area contributed by atoms with E-state index in [0.29, 0.717) is 17.0 Å². The van der Waals surface area contributed by atoms with Crippen molar-refractivity contribution >= 4 is 38.6 Å². The number of benzene rings is 2. The lowest BCUT2D eigenvalue weighted by Gasteiger charge is -2.09. The van der Waals surface area contributed by atoms with Crippen molar-refractivity contribution in [2.75, 3.05) is 12.4 Å². The van der Waals surface area contributed by atoms with Gasteiger partial charge in [0.25, 0.3) is 5.56 Å². The van der Waals surface area contributed by atoms with Crippen LogP contribution in [-0.2, 0) is 0 Å². The lowest BCUT2D eigenvalue weighted by atomic mass is 10.0. The van der Waals surface area contributed by atoms with Gasteiger partial charge in [0, 0.05) is 16.4 Å². The second-order valence-corrected chi connectivity index (χ2v) is 6.75. The lowest BCUT2D eigenvalue weighted by molar-refractivity contribution is 0.415. The molecule has 0 aliphatic rings. The van der Waals surface area contributed by atoms with Crippen molar-refractivity contribution in [2.24, 2.45) is 0 Å². The van der Waals surface area contributed by atoms with Crippen LogP contribution in [0.15, 0.2) is 70.1 Å². The maximum Gasteiger partial charge on any atom is 0.262 e. The topological polar surface area (TPSA) is 79.9 Å². The first-order valence-corrected chi connectivity index (χ1v) is 8.99. The third-order valence-corrected chi connectivity index (χ3v) is 4.64. The number of anilines is 2. The quantitative estimate of drug-likeness (QED) is 0.505. The molecule has 0 aliphatic heterocycles. The van der Waals surface area contributed by atoms with Crippen LogP contribution in [0.4, 0.5) is 11.6 Å².